The molecule has 6 heteroatoms. The van der Waals surface area contributed by atoms with Gasteiger partial charge in [-0.3, -0.25) is 4.79 Å². The third kappa shape index (κ3) is 5.54. The average molecular weight is 267 g/mol. The second-order valence-corrected chi connectivity index (χ2v) is 4.72. The molecule has 6 nitrogen and oxygen atoms in total. The van der Waals surface area contributed by atoms with E-state index in [1.54, 1.807) is 6.07 Å². The molecule has 1 aromatic heterocycles. The standard InChI is InChI=1S/C13H21N3O3/c1-4-19-12-6-11(15-8-16-12)14-7-10(13(17)18)5-9(2)3/h6,8-10H,4-5,7H2,1-3H3,(H,17,18)(H,14,15,16). The van der Waals surface area contributed by atoms with Gasteiger partial charge in [0.1, 0.15) is 12.1 Å². The summed E-state index contributed by atoms with van der Waals surface area (Å²) >= 11 is 0. The largest absolute Gasteiger partial charge is 0.481 e. The summed E-state index contributed by atoms with van der Waals surface area (Å²) in [6.07, 6.45) is 2.03. The molecule has 1 heterocycles. The molecule has 0 radical (unpaired) electrons. The van der Waals surface area contributed by atoms with Crippen molar-refractivity contribution in [3.63, 3.8) is 0 Å². The Balaban J connectivity index is 2.58. The van der Waals surface area contributed by atoms with Gasteiger partial charge in [0.25, 0.3) is 0 Å². The molecule has 0 aliphatic carbocycles. The summed E-state index contributed by atoms with van der Waals surface area (Å²) in [5.41, 5.74) is 0. The normalized spacial score (nSPS) is 12.2. The van der Waals surface area contributed by atoms with Crippen molar-refractivity contribution in [3.05, 3.63) is 12.4 Å². The van der Waals surface area contributed by atoms with E-state index in [0.717, 1.165) is 0 Å². The molecule has 0 spiro atoms. The average Bonchev–Trinajstić information content (AvgIpc) is 2.34. The van der Waals surface area contributed by atoms with Gasteiger partial charge in [-0.2, -0.15) is 0 Å². The summed E-state index contributed by atoms with van der Waals surface area (Å²) in [5.74, 6) is 0.183. The predicted octanol–water partition coefficient (Wildman–Crippen LogP) is 2.03. The van der Waals surface area contributed by atoms with E-state index in [9.17, 15) is 4.79 Å². The van der Waals surface area contributed by atoms with Gasteiger partial charge < -0.3 is 15.2 Å². The van der Waals surface area contributed by atoms with Crippen molar-refractivity contribution in [2.75, 3.05) is 18.5 Å². The van der Waals surface area contributed by atoms with Crippen LogP contribution in [0.3, 0.4) is 0 Å². The van der Waals surface area contributed by atoms with E-state index in [1.807, 2.05) is 20.8 Å². The Morgan fingerprint density at radius 3 is 2.79 bits per heavy atom. The molecule has 1 rings (SSSR count). The van der Waals surface area contributed by atoms with E-state index in [2.05, 4.69) is 15.3 Å². The van der Waals surface area contributed by atoms with Crippen molar-refractivity contribution in [1.29, 1.82) is 0 Å². The minimum absolute atomic E-state index is 0.340. The van der Waals surface area contributed by atoms with Gasteiger partial charge in [-0.25, -0.2) is 9.97 Å². The maximum Gasteiger partial charge on any atom is 0.308 e. The van der Waals surface area contributed by atoms with E-state index >= 15 is 0 Å². The van der Waals surface area contributed by atoms with Crippen LogP contribution < -0.4 is 10.1 Å². The first-order chi connectivity index (χ1) is 9.02. The summed E-state index contributed by atoms with van der Waals surface area (Å²) in [5, 5.41) is 12.2. The first-order valence-electron chi connectivity index (χ1n) is 6.44. The first kappa shape index (κ1) is 15.2. The lowest BCUT2D eigenvalue weighted by atomic mass is 9.97. The van der Waals surface area contributed by atoms with Gasteiger partial charge in [0.2, 0.25) is 5.88 Å². The molecule has 106 valence electrons. The van der Waals surface area contributed by atoms with Crippen LogP contribution in [0.15, 0.2) is 12.4 Å². The van der Waals surface area contributed by atoms with Crippen LogP contribution in [-0.2, 0) is 4.79 Å². The van der Waals surface area contributed by atoms with Crippen LogP contribution in [0.5, 0.6) is 5.88 Å². The third-order valence-corrected chi connectivity index (χ3v) is 2.57. The number of hydrogen-bond acceptors (Lipinski definition) is 5. The maximum atomic E-state index is 11.1. The molecule has 0 bridgehead atoms. The molecule has 0 aliphatic rings. The van der Waals surface area contributed by atoms with E-state index in [4.69, 9.17) is 9.84 Å². The number of hydrogen-bond donors (Lipinski definition) is 2. The smallest absolute Gasteiger partial charge is 0.308 e. The molecular formula is C13H21N3O3. The molecule has 0 saturated carbocycles. The maximum absolute atomic E-state index is 11.1. The van der Waals surface area contributed by atoms with Gasteiger partial charge in [0, 0.05) is 12.6 Å². The fraction of sp³-hybridized carbons (Fsp3) is 0.615. The number of ether oxygens (including phenoxy) is 1. The molecule has 0 aliphatic heterocycles. The summed E-state index contributed by atoms with van der Waals surface area (Å²) in [7, 11) is 0. The van der Waals surface area contributed by atoms with E-state index in [-0.39, 0.29) is 0 Å². The van der Waals surface area contributed by atoms with E-state index < -0.39 is 11.9 Å². The second kappa shape index (κ2) is 7.56. The number of carboxylic acid groups (broad SMARTS) is 1. The van der Waals surface area contributed by atoms with Crippen LogP contribution in [0, 0.1) is 11.8 Å². The third-order valence-electron chi connectivity index (χ3n) is 2.57. The van der Waals surface area contributed by atoms with Crippen LogP contribution in [0.1, 0.15) is 27.2 Å². The fourth-order valence-electron chi connectivity index (χ4n) is 1.73. The fourth-order valence-corrected chi connectivity index (χ4v) is 1.73. The lowest BCUT2D eigenvalue weighted by Crippen LogP contribution is -2.24. The van der Waals surface area contributed by atoms with Crippen LogP contribution >= 0.6 is 0 Å². The lowest BCUT2D eigenvalue weighted by molar-refractivity contribution is -0.141. The lowest BCUT2D eigenvalue weighted by Gasteiger charge is -2.15. The van der Waals surface area contributed by atoms with Crippen LogP contribution in [-0.4, -0.2) is 34.2 Å². The number of aliphatic carboxylic acids is 1. The van der Waals surface area contributed by atoms with Crippen LogP contribution in [0.2, 0.25) is 0 Å². The number of nitrogens with zero attached hydrogens (tertiary/aromatic N) is 2. The number of carboxylic acids is 1. The summed E-state index contributed by atoms with van der Waals surface area (Å²) in [6, 6.07) is 1.66. The molecule has 0 saturated heterocycles. The SMILES string of the molecule is CCOc1cc(NCC(CC(C)C)C(=O)O)ncn1. The highest BCUT2D eigenvalue weighted by molar-refractivity contribution is 5.70. The van der Waals surface area contributed by atoms with Crippen molar-refractivity contribution in [1.82, 2.24) is 9.97 Å². The quantitative estimate of drug-likeness (QED) is 0.749. The zero-order valence-electron chi connectivity index (χ0n) is 11.6. The van der Waals surface area contributed by atoms with Crippen LogP contribution in [0.25, 0.3) is 0 Å². The minimum Gasteiger partial charge on any atom is -0.481 e. The summed E-state index contributed by atoms with van der Waals surface area (Å²) < 4.78 is 5.26. The molecule has 2 N–H and O–H groups in total. The number of aromatic nitrogens is 2. The van der Waals surface area contributed by atoms with Gasteiger partial charge in [-0.05, 0) is 19.3 Å². The van der Waals surface area contributed by atoms with Gasteiger partial charge >= 0.3 is 5.97 Å². The van der Waals surface area contributed by atoms with Gasteiger partial charge in [0.15, 0.2) is 0 Å². The van der Waals surface area contributed by atoms with Crippen LogP contribution in [0.4, 0.5) is 5.82 Å². The monoisotopic (exact) mass is 267 g/mol. The van der Waals surface area contributed by atoms with Crippen molar-refractivity contribution in [3.8, 4) is 5.88 Å². The van der Waals surface area contributed by atoms with Gasteiger partial charge in [-0.1, -0.05) is 13.8 Å². The molecule has 0 amide bonds. The summed E-state index contributed by atoms with van der Waals surface area (Å²) in [4.78, 5) is 19.1. The Bertz CT molecular complexity index is 410. The Labute approximate surface area is 113 Å². The zero-order chi connectivity index (χ0) is 14.3. The van der Waals surface area contributed by atoms with Crippen molar-refractivity contribution in [2.45, 2.75) is 27.2 Å². The number of carbonyl (C=O) groups is 1. The molecular weight excluding hydrogens is 246 g/mol. The van der Waals surface area contributed by atoms with Gasteiger partial charge in [-0.15, -0.1) is 0 Å². The zero-order valence-corrected chi connectivity index (χ0v) is 11.6. The highest BCUT2D eigenvalue weighted by Gasteiger charge is 2.18. The van der Waals surface area contributed by atoms with E-state index in [0.29, 0.717) is 37.2 Å². The molecule has 0 aromatic carbocycles. The number of rotatable bonds is 8. The number of anilines is 1. The molecule has 19 heavy (non-hydrogen) atoms. The highest BCUT2D eigenvalue weighted by Crippen LogP contribution is 2.15. The Morgan fingerprint density at radius 1 is 1.47 bits per heavy atom. The summed E-state index contributed by atoms with van der Waals surface area (Å²) in [6.45, 7) is 6.76. The second-order valence-electron chi connectivity index (χ2n) is 4.72. The molecule has 1 atom stereocenters. The van der Waals surface area contributed by atoms with Crippen molar-refractivity contribution < 1.29 is 14.6 Å². The first-order valence-corrected chi connectivity index (χ1v) is 6.44. The Kier molecular flexibility index (Phi) is 6.05. The minimum atomic E-state index is -0.791. The van der Waals surface area contributed by atoms with E-state index in [1.165, 1.54) is 6.33 Å². The van der Waals surface area contributed by atoms with Crippen molar-refractivity contribution >= 4 is 11.8 Å². The Hall–Kier alpha value is -1.85. The molecule has 1 unspecified atom stereocenters. The predicted molar refractivity (Wildman–Crippen MR) is 72.3 cm³/mol. The molecule has 0 fully saturated rings. The Morgan fingerprint density at radius 2 is 2.21 bits per heavy atom. The highest BCUT2D eigenvalue weighted by atomic mass is 16.5. The molecule has 1 aromatic rings. The number of nitrogens with one attached hydrogen (secondary N) is 1. The topological polar surface area (TPSA) is 84.3 Å². The van der Waals surface area contributed by atoms with Crippen molar-refractivity contribution in [2.24, 2.45) is 11.8 Å². The van der Waals surface area contributed by atoms with Gasteiger partial charge in [0.05, 0.1) is 12.5 Å².